The van der Waals surface area contributed by atoms with Crippen LogP contribution in [0.5, 0.6) is 5.75 Å². The summed E-state index contributed by atoms with van der Waals surface area (Å²) in [5.41, 5.74) is 1.87. The number of ether oxygens (including phenoxy) is 2. The van der Waals surface area contributed by atoms with E-state index in [1.165, 1.54) is 6.07 Å². The van der Waals surface area contributed by atoms with Crippen LogP contribution < -0.4 is 4.74 Å². The highest BCUT2D eigenvalue weighted by molar-refractivity contribution is 6.74. The maximum atomic E-state index is 14.2. The minimum absolute atomic E-state index is 0.0663. The van der Waals surface area contributed by atoms with Gasteiger partial charge in [0.15, 0.2) is 8.32 Å². The molecule has 0 N–H and O–H groups in total. The zero-order valence-corrected chi connectivity index (χ0v) is 24.7. The first-order valence-electron chi connectivity index (χ1n) is 13.3. The molecule has 3 atom stereocenters. The Balaban J connectivity index is 1.77. The van der Waals surface area contributed by atoms with Gasteiger partial charge in [0.1, 0.15) is 24.2 Å². The van der Waals surface area contributed by atoms with Crippen molar-refractivity contribution in [2.45, 2.75) is 71.3 Å². The summed E-state index contributed by atoms with van der Waals surface area (Å²) in [6.07, 6.45) is 0. The summed E-state index contributed by atoms with van der Waals surface area (Å²) in [5.74, 6) is 0.606. The molecule has 0 aromatic heterocycles. The van der Waals surface area contributed by atoms with Crippen molar-refractivity contribution >= 4 is 14.3 Å². The summed E-state index contributed by atoms with van der Waals surface area (Å²) in [6, 6.07) is 14.0. The summed E-state index contributed by atoms with van der Waals surface area (Å²) in [6.45, 7) is 17.5. The van der Waals surface area contributed by atoms with Gasteiger partial charge in [0.05, 0.1) is 7.11 Å². The van der Waals surface area contributed by atoms with Crippen LogP contribution in [0.4, 0.5) is 4.39 Å². The van der Waals surface area contributed by atoms with Gasteiger partial charge in [-0.15, -0.1) is 0 Å². The van der Waals surface area contributed by atoms with Gasteiger partial charge in [-0.25, -0.2) is 4.39 Å². The number of carbonyl (C=O) groups excluding carboxylic acids is 1. The number of rotatable bonds is 10. The SMILES string of the molecule is COc1ccc(COC(=O)[C@@H](C(C)C)N2C[C@H](CO[Si](C)(C)C(C)(C)C)[C@@H](c3cccc(F)c3)C2)cc1. The van der Waals surface area contributed by atoms with Crippen molar-refractivity contribution in [2.24, 2.45) is 11.8 Å². The van der Waals surface area contributed by atoms with Crippen molar-refractivity contribution in [1.29, 1.82) is 0 Å². The molecule has 37 heavy (non-hydrogen) atoms. The summed E-state index contributed by atoms with van der Waals surface area (Å²) < 4.78 is 31.8. The van der Waals surface area contributed by atoms with Crippen LogP contribution in [0.2, 0.25) is 18.1 Å². The van der Waals surface area contributed by atoms with Crippen LogP contribution in [-0.2, 0) is 20.6 Å². The Morgan fingerprint density at radius 2 is 1.78 bits per heavy atom. The second-order valence-electron chi connectivity index (χ2n) is 12.1. The fraction of sp³-hybridized carbons (Fsp3) is 0.567. The molecule has 5 nitrogen and oxygen atoms in total. The predicted octanol–water partition coefficient (Wildman–Crippen LogP) is 6.64. The van der Waals surface area contributed by atoms with Gasteiger partial charge >= 0.3 is 5.97 Å². The van der Waals surface area contributed by atoms with Crippen LogP contribution in [0.15, 0.2) is 48.5 Å². The molecule has 0 spiro atoms. The Bertz CT molecular complexity index is 1030. The molecular weight excluding hydrogens is 485 g/mol. The number of hydrogen-bond donors (Lipinski definition) is 0. The summed E-state index contributed by atoms with van der Waals surface area (Å²) in [5, 5.41) is 0.103. The van der Waals surface area contributed by atoms with Crippen molar-refractivity contribution in [3.63, 3.8) is 0 Å². The summed E-state index contributed by atoms with van der Waals surface area (Å²) in [7, 11) is -0.332. The second-order valence-corrected chi connectivity index (χ2v) is 16.9. The number of likely N-dealkylation sites (tertiary alicyclic amines) is 1. The topological polar surface area (TPSA) is 48.0 Å². The molecule has 1 saturated heterocycles. The van der Waals surface area contributed by atoms with E-state index in [1.54, 1.807) is 19.2 Å². The van der Waals surface area contributed by atoms with Gasteiger partial charge in [-0.1, -0.05) is 58.9 Å². The lowest BCUT2D eigenvalue weighted by atomic mass is 9.89. The van der Waals surface area contributed by atoms with Crippen molar-refractivity contribution in [3.8, 4) is 5.75 Å². The Morgan fingerprint density at radius 1 is 1.11 bits per heavy atom. The lowest BCUT2D eigenvalue weighted by Gasteiger charge is -2.37. The van der Waals surface area contributed by atoms with E-state index in [1.807, 2.05) is 30.3 Å². The first-order valence-corrected chi connectivity index (χ1v) is 16.2. The standard InChI is InChI=1S/C30H44FNO4Si/c1-21(2)28(29(33)35-19-22-12-14-26(34-6)15-13-22)32-17-24(20-36-37(7,8)30(3,4)5)27(18-32)23-10-9-11-25(31)16-23/h9-16,21,24,27-28H,17-20H2,1-8H3/t24-,27-,28-/m1/s1. The van der Waals surface area contributed by atoms with E-state index < -0.39 is 8.32 Å². The molecule has 0 bridgehead atoms. The number of benzene rings is 2. The lowest BCUT2D eigenvalue weighted by Crippen LogP contribution is -2.45. The number of nitrogens with zero attached hydrogens (tertiary/aromatic N) is 1. The first-order chi connectivity index (χ1) is 17.3. The van der Waals surface area contributed by atoms with Crippen LogP contribution in [-0.4, -0.2) is 52.0 Å². The molecule has 1 fully saturated rings. The van der Waals surface area contributed by atoms with Crippen molar-refractivity contribution in [1.82, 2.24) is 4.90 Å². The van der Waals surface area contributed by atoms with E-state index in [0.29, 0.717) is 19.7 Å². The zero-order chi connectivity index (χ0) is 27.4. The molecule has 1 aliphatic rings. The molecule has 0 radical (unpaired) electrons. The molecule has 2 aromatic rings. The Morgan fingerprint density at radius 3 is 2.35 bits per heavy atom. The molecule has 3 rings (SSSR count). The molecule has 0 amide bonds. The van der Waals surface area contributed by atoms with Gasteiger partial charge in [0, 0.05) is 31.5 Å². The van der Waals surface area contributed by atoms with E-state index >= 15 is 0 Å². The van der Waals surface area contributed by atoms with E-state index in [9.17, 15) is 9.18 Å². The highest BCUT2D eigenvalue weighted by Gasteiger charge is 2.43. The molecular formula is C30H44FNO4Si. The largest absolute Gasteiger partial charge is 0.497 e. The minimum Gasteiger partial charge on any atom is -0.497 e. The third-order valence-electron chi connectivity index (χ3n) is 8.02. The molecule has 1 aliphatic heterocycles. The normalized spacial score (nSPS) is 19.7. The zero-order valence-electron chi connectivity index (χ0n) is 23.7. The number of esters is 1. The van der Waals surface area contributed by atoms with Crippen LogP contribution in [0.25, 0.3) is 0 Å². The van der Waals surface area contributed by atoms with E-state index in [0.717, 1.165) is 16.9 Å². The van der Waals surface area contributed by atoms with Crippen LogP contribution in [0, 0.1) is 17.7 Å². The highest BCUT2D eigenvalue weighted by atomic mass is 28.4. The van der Waals surface area contributed by atoms with Crippen molar-refractivity contribution in [3.05, 3.63) is 65.5 Å². The number of carbonyl (C=O) groups is 1. The predicted molar refractivity (Wildman–Crippen MR) is 149 cm³/mol. The summed E-state index contributed by atoms with van der Waals surface area (Å²) >= 11 is 0. The Labute approximate surface area is 223 Å². The van der Waals surface area contributed by atoms with Crippen molar-refractivity contribution in [2.75, 3.05) is 26.8 Å². The molecule has 0 aliphatic carbocycles. The van der Waals surface area contributed by atoms with Gasteiger partial charge in [0.2, 0.25) is 0 Å². The minimum atomic E-state index is -1.96. The molecule has 204 valence electrons. The average Bonchev–Trinajstić information content (AvgIpc) is 3.24. The highest BCUT2D eigenvalue weighted by Crippen LogP contribution is 2.40. The fourth-order valence-corrected chi connectivity index (χ4v) is 5.82. The van der Waals surface area contributed by atoms with E-state index in [-0.39, 0.29) is 47.2 Å². The quantitative estimate of drug-likeness (QED) is 0.255. The van der Waals surface area contributed by atoms with Gasteiger partial charge < -0.3 is 13.9 Å². The van der Waals surface area contributed by atoms with Crippen LogP contribution in [0.3, 0.4) is 0 Å². The average molecular weight is 530 g/mol. The number of halogens is 1. The van der Waals surface area contributed by atoms with Crippen LogP contribution in [0.1, 0.15) is 51.7 Å². The number of hydrogen-bond acceptors (Lipinski definition) is 5. The maximum absolute atomic E-state index is 14.2. The van der Waals surface area contributed by atoms with E-state index in [2.05, 4.69) is 52.6 Å². The van der Waals surface area contributed by atoms with Crippen LogP contribution >= 0.6 is 0 Å². The van der Waals surface area contributed by atoms with Gasteiger partial charge in [-0.05, 0) is 59.4 Å². The molecule has 7 heteroatoms. The van der Waals surface area contributed by atoms with Crippen molar-refractivity contribution < 1.29 is 23.1 Å². The summed E-state index contributed by atoms with van der Waals surface area (Å²) in [4.78, 5) is 15.6. The smallest absolute Gasteiger partial charge is 0.323 e. The Kier molecular flexibility index (Phi) is 9.59. The molecule has 0 unspecified atom stereocenters. The van der Waals surface area contributed by atoms with Gasteiger partial charge in [0.25, 0.3) is 0 Å². The molecule has 0 saturated carbocycles. The fourth-order valence-electron chi connectivity index (χ4n) is 4.75. The third-order valence-corrected chi connectivity index (χ3v) is 12.5. The second kappa shape index (κ2) is 12.1. The van der Waals surface area contributed by atoms with Gasteiger partial charge in [-0.3, -0.25) is 9.69 Å². The van der Waals surface area contributed by atoms with E-state index in [4.69, 9.17) is 13.9 Å². The monoisotopic (exact) mass is 529 g/mol. The van der Waals surface area contributed by atoms with Gasteiger partial charge in [-0.2, -0.15) is 0 Å². The first kappa shape index (κ1) is 29.3. The number of methoxy groups -OCH3 is 1. The molecule has 1 heterocycles. The molecule has 2 aromatic carbocycles. The lowest BCUT2D eigenvalue weighted by molar-refractivity contribution is -0.153. The Hall–Kier alpha value is -2.22. The third kappa shape index (κ3) is 7.42. The maximum Gasteiger partial charge on any atom is 0.323 e.